The fraction of sp³-hybridized carbons (Fsp3) is 0.545. The number of hydrogen-bond donors (Lipinski definition) is 3. The molecule has 5 nitrogen and oxygen atoms in total. The van der Waals surface area contributed by atoms with Gasteiger partial charge in [-0.1, -0.05) is 6.07 Å². The van der Waals surface area contributed by atoms with Crippen molar-refractivity contribution in [2.24, 2.45) is 11.8 Å². The van der Waals surface area contributed by atoms with Gasteiger partial charge in [0.25, 0.3) is 0 Å². The highest BCUT2D eigenvalue weighted by atomic mass is 16.3. The van der Waals surface area contributed by atoms with Crippen molar-refractivity contribution in [3.05, 3.63) is 18.2 Å². The smallest absolute Gasteiger partial charge is 0.142 e. The molecule has 0 aliphatic carbocycles. The number of nitrogens with two attached hydrogens (primary N) is 1. The quantitative estimate of drug-likeness (QED) is 0.515. The molecular weight excluding hydrogens is 204 g/mol. The van der Waals surface area contributed by atoms with Gasteiger partial charge in [-0.15, -0.1) is 0 Å². The van der Waals surface area contributed by atoms with E-state index < -0.39 is 0 Å². The second-order valence-corrected chi connectivity index (χ2v) is 4.14. The van der Waals surface area contributed by atoms with Crippen LogP contribution in [0.1, 0.15) is 12.8 Å². The number of piperidine rings is 1. The molecule has 2 rings (SSSR count). The molecule has 0 aromatic carbocycles. The van der Waals surface area contributed by atoms with Crippen LogP contribution in [0.2, 0.25) is 0 Å². The van der Waals surface area contributed by atoms with E-state index in [4.69, 9.17) is 10.9 Å². The topological polar surface area (TPSA) is 74.4 Å². The molecule has 1 aliphatic heterocycles. The van der Waals surface area contributed by atoms with Gasteiger partial charge in [0.15, 0.2) is 0 Å². The SMILES string of the molecule is NNc1cccc(N2CCC(CO)CC2)n1. The fourth-order valence-corrected chi connectivity index (χ4v) is 2.02. The predicted molar refractivity (Wildman–Crippen MR) is 64.1 cm³/mol. The highest BCUT2D eigenvalue weighted by Crippen LogP contribution is 2.22. The summed E-state index contributed by atoms with van der Waals surface area (Å²) in [6, 6.07) is 5.76. The Kier molecular flexibility index (Phi) is 3.58. The van der Waals surface area contributed by atoms with E-state index in [1.54, 1.807) is 0 Å². The minimum Gasteiger partial charge on any atom is -0.396 e. The second-order valence-electron chi connectivity index (χ2n) is 4.14. The summed E-state index contributed by atoms with van der Waals surface area (Å²) < 4.78 is 0. The predicted octanol–water partition coefficient (Wildman–Crippen LogP) is 0.576. The van der Waals surface area contributed by atoms with Crippen molar-refractivity contribution in [2.45, 2.75) is 12.8 Å². The number of aliphatic hydroxyl groups is 1. The molecule has 0 amide bonds. The molecule has 5 heteroatoms. The van der Waals surface area contributed by atoms with Gasteiger partial charge in [0.1, 0.15) is 11.6 Å². The summed E-state index contributed by atoms with van der Waals surface area (Å²) in [4.78, 5) is 6.62. The van der Waals surface area contributed by atoms with Crippen molar-refractivity contribution in [3.63, 3.8) is 0 Å². The molecular formula is C11H18N4O. The van der Waals surface area contributed by atoms with E-state index in [-0.39, 0.29) is 0 Å². The highest BCUT2D eigenvalue weighted by Gasteiger charge is 2.19. The Bertz CT molecular complexity index is 337. The van der Waals surface area contributed by atoms with Crippen LogP contribution in [0, 0.1) is 5.92 Å². The zero-order valence-electron chi connectivity index (χ0n) is 9.26. The van der Waals surface area contributed by atoms with Gasteiger partial charge < -0.3 is 15.4 Å². The molecule has 1 saturated heterocycles. The van der Waals surface area contributed by atoms with Gasteiger partial charge in [-0.05, 0) is 30.9 Å². The lowest BCUT2D eigenvalue weighted by Crippen LogP contribution is -2.35. The van der Waals surface area contributed by atoms with Crippen LogP contribution in [0.5, 0.6) is 0 Å². The number of nitrogens with one attached hydrogen (secondary N) is 1. The van der Waals surface area contributed by atoms with Gasteiger partial charge in [-0.3, -0.25) is 0 Å². The molecule has 0 saturated carbocycles. The largest absolute Gasteiger partial charge is 0.396 e. The average Bonchev–Trinajstić information content (AvgIpc) is 2.39. The summed E-state index contributed by atoms with van der Waals surface area (Å²) in [6.45, 7) is 2.20. The number of pyridine rings is 1. The first-order chi connectivity index (χ1) is 7.83. The minimum absolute atomic E-state index is 0.297. The Morgan fingerprint density at radius 3 is 2.81 bits per heavy atom. The molecule has 16 heavy (non-hydrogen) atoms. The first-order valence-corrected chi connectivity index (χ1v) is 5.63. The minimum atomic E-state index is 0.297. The van der Waals surface area contributed by atoms with Crippen LogP contribution in [0.25, 0.3) is 0 Å². The van der Waals surface area contributed by atoms with E-state index >= 15 is 0 Å². The molecule has 0 spiro atoms. The van der Waals surface area contributed by atoms with Crippen LogP contribution in [-0.2, 0) is 0 Å². The van der Waals surface area contributed by atoms with Gasteiger partial charge >= 0.3 is 0 Å². The normalized spacial score (nSPS) is 17.5. The van der Waals surface area contributed by atoms with E-state index in [1.807, 2.05) is 18.2 Å². The lowest BCUT2D eigenvalue weighted by Gasteiger charge is -2.32. The summed E-state index contributed by atoms with van der Waals surface area (Å²) in [5.41, 5.74) is 2.55. The lowest BCUT2D eigenvalue weighted by atomic mass is 9.98. The second kappa shape index (κ2) is 5.14. The molecule has 2 heterocycles. The number of aliphatic hydroxyl groups excluding tert-OH is 1. The number of nitrogens with zero attached hydrogens (tertiary/aromatic N) is 2. The summed E-state index contributed by atoms with van der Waals surface area (Å²) in [7, 11) is 0. The summed E-state index contributed by atoms with van der Waals surface area (Å²) in [6.07, 6.45) is 2.05. The zero-order valence-corrected chi connectivity index (χ0v) is 9.26. The molecule has 0 unspecified atom stereocenters. The maximum atomic E-state index is 9.07. The third-order valence-electron chi connectivity index (χ3n) is 3.08. The zero-order chi connectivity index (χ0) is 11.4. The summed E-state index contributed by atoms with van der Waals surface area (Å²) in [5.74, 6) is 7.41. The Morgan fingerprint density at radius 2 is 2.19 bits per heavy atom. The van der Waals surface area contributed by atoms with Crippen LogP contribution in [-0.4, -0.2) is 29.8 Å². The molecule has 88 valence electrons. The molecule has 0 bridgehead atoms. The first-order valence-electron chi connectivity index (χ1n) is 5.63. The van der Waals surface area contributed by atoms with E-state index in [2.05, 4.69) is 15.3 Å². The molecule has 1 aromatic rings. The third kappa shape index (κ3) is 2.43. The Hall–Kier alpha value is -1.33. The number of hydrogen-bond acceptors (Lipinski definition) is 5. The van der Waals surface area contributed by atoms with Crippen LogP contribution in [0.15, 0.2) is 18.2 Å². The maximum absolute atomic E-state index is 9.07. The fourth-order valence-electron chi connectivity index (χ4n) is 2.02. The van der Waals surface area contributed by atoms with Crippen molar-refractivity contribution in [2.75, 3.05) is 30.0 Å². The Balaban J connectivity index is 2.02. The van der Waals surface area contributed by atoms with Gasteiger partial charge in [0, 0.05) is 19.7 Å². The van der Waals surface area contributed by atoms with Crippen molar-refractivity contribution < 1.29 is 5.11 Å². The standard InChI is InChI=1S/C11H18N4O/c12-14-10-2-1-3-11(13-10)15-6-4-9(8-16)5-7-15/h1-3,9,16H,4-8,12H2,(H,13,14). The summed E-state index contributed by atoms with van der Waals surface area (Å²) >= 11 is 0. The van der Waals surface area contributed by atoms with Crippen molar-refractivity contribution in [3.8, 4) is 0 Å². The molecule has 1 aliphatic rings. The van der Waals surface area contributed by atoms with Gasteiger partial charge in [-0.2, -0.15) is 0 Å². The van der Waals surface area contributed by atoms with E-state index in [0.29, 0.717) is 18.3 Å². The number of nitrogen functional groups attached to an aromatic ring is 1. The van der Waals surface area contributed by atoms with Crippen LogP contribution in [0.4, 0.5) is 11.6 Å². The highest BCUT2D eigenvalue weighted by molar-refractivity contribution is 5.46. The number of aromatic nitrogens is 1. The van der Waals surface area contributed by atoms with E-state index in [0.717, 1.165) is 31.7 Å². The molecule has 4 N–H and O–H groups in total. The van der Waals surface area contributed by atoms with E-state index in [1.165, 1.54) is 0 Å². The van der Waals surface area contributed by atoms with Crippen LogP contribution < -0.4 is 16.2 Å². The van der Waals surface area contributed by atoms with Gasteiger partial charge in [0.2, 0.25) is 0 Å². The van der Waals surface area contributed by atoms with Crippen LogP contribution in [0.3, 0.4) is 0 Å². The number of anilines is 2. The number of rotatable bonds is 3. The Morgan fingerprint density at radius 1 is 1.44 bits per heavy atom. The summed E-state index contributed by atoms with van der Waals surface area (Å²) in [5, 5.41) is 9.07. The molecule has 1 aromatic heterocycles. The molecule has 1 fully saturated rings. The van der Waals surface area contributed by atoms with Gasteiger partial charge in [-0.25, -0.2) is 10.8 Å². The van der Waals surface area contributed by atoms with Crippen molar-refractivity contribution >= 4 is 11.6 Å². The molecule has 0 radical (unpaired) electrons. The van der Waals surface area contributed by atoms with Crippen LogP contribution >= 0.6 is 0 Å². The molecule has 0 atom stereocenters. The monoisotopic (exact) mass is 222 g/mol. The maximum Gasteiger partial charge on any atom is 0.142 e. The number of hydrazine groups is 1. The first kappa shape index (κ1) is 11.2. The van der Waals surface area contributed by atoms with Crippen molar-refractivity contribution in [1.82, 2.24) is 4.98 Å². The van der Waals surface area contributed by atoms with E-state index in [9.17, 15) is 0 Å². The lowest BCUT2D eigenvalue weighted by molar-refractivity contribution is 0.203. The van der Waals surface area contributed by atoms with Crippen molar-refractivity contribution in [1.29, 1.82) is 0 Å². The Labute approximate surface area is 95.2 Å². The third-order valence-corrected chi connectivity index (χ3v) is 3.08. The average molecular weight is 222 g/mol. The van der Waals surface area contributed by atoms with Gasteiger partial charge in [0.05, 0.1) is 0 Å².